The summed E-state index contributed by atoms with van der Waals surface area (Å²) >= 11 is 0. The highest BCUT2D eigenvalue weighted by Gasteiger charge is 2.01. The van der Waals surface area contributed by atoms with Gasteiger partial charge < -0.3 is 4.42 Å². The van der Waals surface area contributed by atoms with Crippen LogP contribution in [-0.4, -0.2) is 15.8 Å². The Kier molecular flexibility index (Phi) is 2.21. The monoisotopic (exact) mass is 204 g/mol. The normalized spacial score (nSPS) is 11.3. The molecule has 0 bridgehead atoms. The second-order valence-electron chi connectivity index (χ2n) is 3.07. The molecule has 0 amide bonds. The first-order chi connectivity index (χ1) is 7.15. The minimum absolute atomic E-state index is 0.0504. The highest BCUT2D eigenvalue weighted by atomic mass is 16.4. The largest absolute Gasteiger partial charge is 0.418 e. The van der Waals surface area contributed by atoms with Crippen molar-refractivity contribution in [2.45, 2.75) is 6.92 Å². The molecule has 1 N–H and O–H groups in total. The molecule has 0 saturated carbocycles. The number of fused-ring (bicyclic) bond motifs is 1. The van der Waals surface area contributed by atoms with E-state index in [1.165, 1.54) is 13.0 Å². The molecular formula is C10H8N2O3. The second kappa shape index (κ2) is 3.53. The highest BCUT2D eigenvalue weighted by Crippen LogP contribution is 2.10. The summed E-state index contributed by atoms with van der Waals surface area (Å²) in [4.78, 5) is 27.9. The number of nitrogens with zero attached hydrogens (tertiary/aromatic N) is 1. The molecule has 0 spiro atoms. The molecule has 0 aromatic carbocycles. The first kappa shape index (κ1) is 9.39. The molecule has 0 saturated heterocycles. The maximum Gasteiger partial charge on any atom is 0.418 e. The lowest BCUT2D eigenvalue weighted by molar-refractivity contribution is -0.112. The molecule has 2 aromatic heterocycles. The van der Waals surface area contributed by atoms with E-state index in [-0.39, 0.29) is 5.78 Å². The highest BCUT2D eigenvalue weighted by molar-refractivity contribution is 5.91. The Morgan fingerprint density at radius 1 is 1.60 bits per heavy atom. The van der Waals surface area contributed by atoms with Crippen molar-refractivity contribution >= 4 is 23.1 Å². The van der Waals surface area contributed by atoms with Crippen molar-refractivity contribution in [2.75, 3.05) is 0 Å². The number of rotatable bonds is 2. The Morgan fingerprint density at radius 3 is 3.13 bits per heavy atom. The minimum atomic E-state index is -0.537. The number of aromatic nitrogens is 2. The Hall–Kier alpha value is -2.17. The number of hydrogen-bond donors (Lipinski definition) is 1. The van der Waals surface area contributed by atoms with Gasteiger partial charge in [-0.05, 0) is 30.7 Å². The van der Waals surface area contributed by atoms with Crippen molar-refractivity contribution in [1.29, 1.82) is 0 Å². The fourth-order valence-corrected chi connectivity index (χ4v) is 1.16. The number of H-pyrrole nitrogens is 1. The molecule has 5 nitrogen and oxygen atoms in total. The predicted molar refractivity (Wildman–Crippen MR) is 54.3 cm³/mol. The number of nitrogens with one attached hydrogen (secondary N) is 1. The van der Waals surface area contributed by atoms with Crippen LogP contribution in [0.15, 0.2) is 27.6 Å². The number of pyridine rings is 1. The van der Waals surface area contributed by atoms with Crippen LogP contribution in [-0.2, 0) is 4.79 Å². The summed E-state index contributed by atoms with van der Waals surface area (Å²) in [5.74, 6) is -0.587. The average molecular weight is 204 g/mol. The van der Waals surface area contributed by atoms with E-state index in [9.17, 15) is 9.59 Å². The van der Waals surface area contributed by atoms with Gasteiger partial charge in [-0.25, -0.2) is 9.78 Å². The van der Waals surface area contributed by atoms with Crippen LogP contribution in [0, 0.1) is 0 Å². The van der Waals surface area contributed by atoms with Gasteiger partial charge in [0.1, 0.15) is 0 Å². The average Bonchev–Trinajstić information content (AvgIpc) is 2.53. The van der Waals surface area contributed by atoms with Gasteiger partial charge in [0.25, 0.3) is 0 Å². The summed E-state index contributed by atoms with van der Waals surface area (Å²) < 4.78 is 4.82. The van der Waals surface area contributed by atoms with Crippen LogP contribution >= 0.6 is 0 Å². The van der Waals surface area contributed by atoms with Crippen molar-refractivity contribution in [2.24, 2.45) is 0 Å². The van der Waals surface area contributed by atoms with Gasteiger partial charge in [0.2, 0.25) is 0 Å². The quantitative estimate of drug-likeness (QED) is 0.743. The topological polar surface area (TPSA) is 76.0 Å². The number of ketones is 1. The van der Waals surface area contributed by atoms with E-state index >= 15 is 0 Å². The van der Waals surface area contributed by atoms with E-state index in [2.05, 4.69) is 9.97 Å². The van der Waals surface area contributed by atoms with Gasteiger partial charge in [0.05, 0.1) is 0 Å². The summed E-state index contributed by atoms with van der Waals surface area (Å²) in [5.41, 5.74) is 1.49. The van der Waals surface area contributed by atoms with E-state index in [4.69, 9.17) is 4.42 Å². The Bertz CT molecular complexity index is 592. The molecule has 0 unspecified atom stereocenters. The zero-order valence-corrected chi connectivity index (χ0v) is 7.98. The number of carbonyl (C=O) groups excluding carboxylic acids is 1. The van der Waals surface area contributed by atoms with Gasteiger partial charge in [-0.3, -0.25) is 9.78 Å². The van der Waals surface area contributed by atoms with Gasteiger partial charge in [0.15, 0.2) is 17.0 Å². The molecule has 0 aliphatic heterocycles. The number of allylic oxidation sites excluding steroid dienone is 1. The molecule has 76 valence electrons. The molecular weight excluding hydrogens is 196 g/mol. The fraction of sp³-hybridized carbons (Fsp3) is 0.100. The molecule has 0 fully saturated rings. The van der Waals surface area contributed by atoms with Gasteiger partial charge in [0, 0.05) is 6.20 Å². The molecule has 0 aliphatic rings. The van der Waals surface area contributed by atoms with Gasteiger partial charge in [-0.15, -0.1) is 0 Å². The SMILES string of the molecule is CC(=O)/C=C/c1cnc2[nH]c(=O)oc2c1. The third-order valence-corrected chi connectivity index (χ3v) is 1.81. The maximum atomic E-state index is 10.8. The molecule has 0 atom stereocenters. The molecule has 2 rings (SSSR count). The van der Waals surface area contributed by atoms with Gasteiger partial charge in [-0.2, -0.15) is 0 Å². The minimum Gasteiger partial charge on any atom is -0.406 e. The van der Waals surface area contributed by atoms with E-state index < -0.39 is 5.76 Å². The zero-order valence-electron chi connectivity index (χ0n) is 7.98. The van der Waals surface area contributed by atoms with E-state index in [1.54, 1.807) is 18.3 Å². The molecule has 2 heterocycles. The Labute approximate surface area is 84.4 Å². The van der Waals surface area contributed by atoms with Crippen LogP contribution in [0.1, 0.15) is 12.5 Å². The van der Waals surface area contributed by atoms with Crippen molar-refractivity contribution in [3.8, 4) is 0 Å². The Balaban J connectivity index is 2.46. The van der Waals surface area contributed by atoms with Crippen molar-refractivity contribution in [3.05, 3.63) is 34.5 Å². The third kappa shape index (κ3) is 2.01. The number of aromatic amines is 1. The summed E-state index contributed by atoms with van der Waals surface area (Å²) in [6, 6.07) is 1.64. The molecule has 0 radical (unpaired) electrons. The lowest BCUT2D eigenvalue weighted by atomic mass is 10.2. The first-order valence-corrected chi connectivity index (χ1v) is 4.33. The number of oxazole rings is 1. The van der Waals surface area contributed by atoms with E-state index in [0.29, 0.717) is 16.8 Å². The van der Waals surface area contributed by atoms with Crippen LogP contribution in [0.4, 0.5) is 0 Å². The van der Waals surface area contributed by atoms with Crippen molar-refractivity contribution in [3.63, 3.8) is 0 Å². The standard InChI is InChI=1S/C10H8N2O3/c1-6(13)2-3-7-4-8-9(11-5-7)12-10(14)15-8/h2-5H,1H3,(H,11,12,14)/b3-2+. The number of hydrogen-bond acceptors (Lipinski definition) is 4. The summed E-state index contributed by atoms with van der Waals surface area (Å²) in [5, 5.41) is 0. The summed E-state index contributed by atoms with van der Waals surface area (Å²) in [7, 11) is 0. The van der Waals surface area contributed by atoms with Crippen LogP contribution in [0.5, 0.6) is 0 Å². The first-order valence-electron chi connectivity index (χ1n) is 4.33. The Morgan fingerprint density at radius 2 is 2.40 bits per heavy atom. The smallest absolute Gasteiger partial charge is 0.406 e. The number of carbonyl (C=O) groups is 1. The van der Waals surface area contributed by atoms with Crippen LogP contribution in [0.3, 0.4) is 0 Å². The predicted octanol–water partition coefficient (Wildman–Crippen LogP) is 1.12. The van der Waals surface area contributed by atoms with Crippen molar-refractivity contribution < 1.29 is 9.21 Å². The fourth-order valence-electron chi connectivity index (χ4n) is 1.16. The van der Waals surface area contributed by atoms with Gasteiger partial charge >= 0.3 is 5.76 Å². The molecule has 15 heavy (non-hydrogen) atoms. The lowest BCUT2D eigenvalue weighted by Crippen LogP contribution is -1.93. The van der Waals surface area contributed by atoms with Crippen molar-refractivity contribution in [1.82, 2.24) is 9.97 Å². The maximum absolute atomic E-state index is 10.8. The summed E-state index contributed by atoms with van der Waals surface area (Å²) in [6.45, 7) is 1.46. The second-order valence-corrected chi connectivity index (χ2v) is 3.07. The summed E-state index contributed by atoms with van der Waals surface area (Å²) in [6.07, 6.45) is 4.59. The van der Waals surface area contributed by atoms with Crippen LogP contribution < -0.4 is 5.76 Å². The van der Waals surface area contributed by atoms with E-state index in [1.807, 2.05) is 0 Å². The van der Waals surface area contributed by atoms with Crippen LogP contribution in [0.2, 0.25) is 0 Å². The molecule has 2 aromatic rings. The lowest BCUT2D eigenvalue weighted by Gasteiger charge is -1.90. The van der Waals surface area contributed by atoms with E-state index in [0.717, 1.165) is 0 Å². The van der Waals surface area contributed by atoms with Gasteiger partial charge in [-0.1, -0.05) is 0 Å². The zero-order chi connectivity index (χ0) is 10.8. The molecule has 0 aliphatic carbocycles. The van der Waals surface area contributed by atoms with Crippen LogP contribution in [0.25, 0.3) is 17.3 Å². The molecule has 5 heteroatoms. The third-order valence-electron chi connectivity index (χ3n) is 1.81.